The Labute approximate surface area is 196 Å². The number of unbranched alkanes of at least 4 members (excludes halogenated alkanes) is 13. The maximum Gasteiger partial charge on any atom is 0.138 e. The van der Waals surface area contributed by atoms with E-state index in [1.54, 1.807) is 29.0 Å². The lowest BCUT2D eigenvalue weighted by Gasteiger charge is -2.08. The Bertz CT molecular complexity index is 842. The zero-order chi connectivity index (χ0) is 21.6. The first kappa shape index (κ1) is 24.2. The predicted octanol–water partition coefficient (Wildman–Crippen LogP) is 9.31. The molecule has 0 unspecified atom stereocenters. The molecule has 0 aliphatic heterocycles. The Balaban J connectivity index is 1.24. The molecule has 3 rings (SSSR count). The molecule has 0 bridgehead atoms. The number of thiophene rings is 2. The highest BCUT2D eigenvalue weighted by Gasteiger charge is 2.13. The number of rotatable bonds is 17. The van der Waals surface area contributed by atoms with E-state index in [-0.39, 0.29) is 0 Å². The molecular weight excluding hydrogens is 418 g/mol. The van der Waals surface area contributed by atoms with Crippen molar-refractivity contribution in [3.05, 3.63) is 29.2 Å². The molecule has 0 spiro atoms. The van der Waals surface area contributed by atoms with Crippen LogP contribution in [0.15, 0.2) is 29.2 Å². The minimum absolute atomic E-state index is 0.990. The molecule has 0 saturated carbocycles. The molecular formula is C26H39N3S2. The van der Waals surface area contributed by atoms with Crippen LogP contribution in [0.1, 0.15) is 96.8 Å². The van der Waals surface area contributed by atoms with E-state index >= 15 is 0 Å². The Hall–Kier alpha value is -1.46. The van der Waals surface area contributed by atoms with Gasteiger partial charge in [0.25, 0.3) is 0 Å². The Morgan fingerprint density at radius 3 is 2.03 bits per heavy atom. The van der Waals surface area contributed by atoms with E-state index in [0.29, 0.717) is 0 Å². The summed E-state index contributed by atoms with van der Waals surface area (Å²) in [5, 5.41) is 9.10. The van der Waals surface area contributed by atoms with Crippen LogP contribution < -0.4 is 5.32 Å². The minimum Gasteiger partial charge on any atom is -0.369 e. The van der Waals surface area contributed by atoms with Gasteiger partial charge in [0.2, 0.25) is 0 Å². The topological polar surface area (TPSA) is 37.8 Å². The number of nitrogens with zero attached hydrogens (tertiary/aromatic N) is 2. The Morgan fingerprint density at radius 2 is 1.42 bits per heavy atom. The van der Waals surface area contributed by atoms with E-state index in [2.05, 4.69) is 45.1 Å². The van der Waals surface area contributed by atoms with Gasteiger partial charge in [-0.2, -0.15) is 0 Å². The molecule has 170 valence electrons. The number of anilines is 1. The molecule has 0 aliphatic rings. The fourth-order valence-electron chi connectivity index (χ4n) is 4.15. The molecule has 3 heterocycles. The van der Waals surface area contributed by atoms with Gasteiger partial charge in [-0.15, -0.1) is 22.7 Å². The fourth-order valence-corrected chi connectivity index (χ4v) is 5.88. The first-order valence-electron chi connectivity index (χ1n) is 12.4. The van der Waals surface area contributed by atoms with E-state index in [0.717, 1.165) is 17.2 Å². The number of aromatic nitrogens is 2. The van der Waals surface area contributed by atoms with E-state index in [9.17, 15) is 0 Å². The second-order valence-corrected chi connectivity index (χ2v) is 10.4. The average molecular weight is 458 g/mol. The third-order valence-electron chi connectivity index (χ3n) is 5.98. The van der Waals surface area contributed by atoms with Gasteiger partial charge in [-0.25, -0.2) is 9.97 Å². The average Bonchev–Trinajstić information content (AvgIpc) is 3.46. The smallest absolute Gasteiger partial charge is 0.138 e. The van der Waals surface area contributed by atoms with Crippen LogP contribution in [0.4, 0.5) is 5.82 Å². The van der Waals surface area contributed by atoms with Crippen molar-refractivity contribution in [3.8, 4) is 10.4 Å². The van der Waals surface area contributed by atoms with Gasteiger partial charge in [0.15, 0.2) is 0 Å². The van der Waals surface area contributed by atoms with E-state index in [1.807, 2.05) is 0 Å². The van der Waals surface area contributed by atoms with Crippen molar-refractivity contribution in [2.24, 2.45) is 0 Å². The highest BCUT2D eigenvalue weighted by atomic mass is 32.1. The molecule has 3 aromatic heterocycles. The van der Waals surface area contributed by atoms with Gasteiger partial charge < -0.3 is 5.32 Å². The van der Waals surface area contributed by atoms with E-state index in [1.165, 1.54) is 106 Å². The second kappa shape index (κ2) is 14.6. The van der Waals surface area contributed by atoms with Gasteiger partial charge in [0.05, 0.1) is 5.39 Å². The number of nitrogens with one attached hydrogen (secondary N) is 1. The molecule has 0 atom stereocenters. The summed E-state index contributed by atoms with van der Waals surface area (Å²) in [6, 6.07) is 4.28. The molecule has 0 radical (unpaired) electrons. The maximum absolute atomic E-state index is 4.54. The highest BCUT2D eigenvalue weighted by Crippen LogP contribution is 2.38. The summed E-state index contributed by atoms with van der Waals surface area (Å²) in [6.07, 6.45) is 21.2. The monoisotopic (exact) mass is 457 g/mol. The van der Waals surface area contributed by atoms with Crippen molar-refractivity contribution >= 4 is 38.7 Å². The Morgan fingerprint density at radius 1 is 0.774 bits per heavy atom. The maximum atomic E-state index is 4.54. The standard InChI is InChI=1S/C26H39N3S2/c1-2-3-4-5-6-7-8-9-10-11-12-13-14-15-18-27-25-24-22(23-17-16-19-30-23)20-31-26(24)29-21-28-25/h16-17,19-21H,2-15,18H2,1H3,(H,27,28,29). The second-order valence-electron chi connectivity index (χ2n) is 8.55. The minimum atomic E-state index is 0.990. The fraction of sp³-hybridized carbons (Fsp3) is 0.615. The van der Waals surface area contributed by atoms with Crippen molar-refractivity contribution in [3.63, 3.8) is 0 Å². The van der Waals surface area contributed by atoms with Gasteiger partial charge in [0, 0.05) is 22.4 Å². The molecule has 0 saturated heterocycles. The lowest BCUT2D eigenvalue weighted by atomic mass is 10.0. The number of fused-ring (bicyclic) bond motifs is 1. The SMILES string of the molecule is CCCCCCCCCCCCCCCCNc1ncnc2scc(-c3cccs3)c12. The summed E-state index contributed by atoms with van der Waals surface area (Å²) in [5.74, 6) is 0.990. The first-order valence-corrected chi connectivity index (χ1v) is 14.2. The number of hydrogen-bond donors (Lipinski definition) is 1. The van der Waals surface area contributed by atoms with Crippen LogP contribution in [0.25, 0.3) is 20.7 Å². The molecule has 31 heavy (non-hydrogen) atoms. The van der Waals surface area contributed by atoms with Crippen LogP contribution in [-0.2, 0) is 0 Å². The van der Waals surface area contributed by atoms with Crippen LogP contribution in [0.5, 0.6) is 0 Å². The third kappa shape index (κ3) is 8.19. The van der Waals surface area contributed by atoms with Crippen LogP contribution in [0.2, 0.25) is 0 Å². The molecule has 0 aliphatic carbocycles. The van der Waals surface area contributed by atoms with Crippen LogP contribution in [0.3, 0.4) is 0 Å². The summed E-state index contributed by atoms with van der Waals surface area (Å²) >= 11 is 3.48. The zero-order valence-corrected chi connectivity index (χ0v) is 20.8. The molecule has 0 amide bonds. The highest BCUT2D eigenvalue weighted by molar-refractivity contribution is 7.18. The molecule has 5 heteroatoms. The predicted molar refractivity (Wildman–Crippen MR) is 140 cm³/mol. The summed E-state index contributed by atoms with van der Waals surface area (Å²) < 4.78 is 0. The van der Waals surface area contributed by atoms with Crippen molar-refractivity contribution in [2.45, 2.75) is 96.8 Å². The molecule has 0 fully saturated rings. The van der Waals surface area contributed by atoms with E-state index < -0.39 is 0 Å². The number of hydrogen-bond acceptors (Lipinski definition) is 5. The van der Waals surface area contributed by atoms with Crippen LogP contribution in [0, 0.1) is 0 Å². The van der Waals surface area contributed by atoms with Crippen molar-refractivity contribution in [2.75, 3.05) is 11.9 Å². The largest absolute Gasteiger partial charge is 0.369 e. The van der Waals surface area contributed by atoms with Gasteiger partial charge in [-0.3, -0.25) is 0 Å². The molecule has 1 N–H and O–H groups in total. The van der Waals surface area contributed by atoms with Crippen molar-refractivity contribution in [1.29, 1.82) is 0 Å². The lowest BCUT2D eigenvalue weighted by molar-refractivity contribution is 0.537. The quantitative estimate of drug-likeness (QED) is 0.205. The molecule has 3 nitrogen and oxygen atoms in total. The zero-order valence-electron chi connectivity index (χ0n) is 19.2. The van der Waals surface area contributed by atoms with Gasteiger partial charge in [-0.05, 0) is 17.9 Å². The van der Waals surface area contributed by atoms with E-state index in [4.69, 9.17) is 0 Å². The van der Waals surface area contributed by atoms with Gasteiger partial charge in [-0.1, -0.05) is 96.5 Å². The van der Waals surface area contributed by atoms with Crippen molar-refractivity contribution < 1.29 is 0 Å². The Kier molecular flexibility index (Phi) is 11.4. The third-order valence-corrected chi connectivity index (χ3v) is 7.77. The molecule has 0 aromatic carbocycles. The normalized spacial score (nSPS) is 11.4. The van der Waals surface area contributed by atoms with Gasteiger partial charge in [0.1, 0.15) is 17.0 Å². The van der Waals surface area contributed by atoms with Crippen LogP contribution in [-0.4, -0.2) is 16.5 Å². The summed E-state index contributed by atoms with van der Waals surface area (Å²) in [5.41, 5.74) is 1.26. The van der Waals surface area contributed by atoms with Crippen LogP contribution >= 0.6 is 22.7 Å². The molecule has 3 aromatic rings. The van der Waals surface area contributed by atoms with Crippen molar-refractivity contribution in [1.82, 2.24) is 9.97 Å². The summed E-state index contributed by atoms with van der Waals surface area (Å²) in [6.45, 7) is 3.28. The summed E-state index contributed by atoms with van der Waals surface area (Å²) in [7, 11) is 0. The first-order chi connectivity index (χ1) is 15.4. The lowest BCUT2D eigenvalue weighted by Crippen LogP contribution is -2.04. The van der Waals surface area contributed by atoms with Gasteiger partial charge >= 0.3 is 0 Å². The summed E-state index contributed by atoms with van der Waals surface area (Å²) in [4.78, 5) is 11.4.